The van der Waals surface area contributed by atoms with Gasteiger partial charge in [-0.2, -0.15) is 5.10 Å². The van der Waals surface area contributed by atoms with Gasteiger partial charge in [0.2, 0.25) is 0 Å². The van der Waals surface area contributed by atoms with E-state index >= 15 is 0 Å². The number of para-hydroxylation sites is 1. The quantitative estimate of drug-likeness (QED) is 0.722. The second kappa shape index (κ2) is 8.67. The zero-order valence-electron chi connectivity index (χ0n) is 15.4. The lowest BCUT2D eigenvalue weighted by Gasteiger charge is -2.14. The third kappa shape index (κ3) is 5.32. The Kier molecular flexibility index (Phi) is 6.58. The molecule has 1 aromatic carbocycles. The van der Waals surface area contributed by atoms with Crippen LogP contribution in [0.1, 0.15) is 37.2 Å². The van der Waals surface area contributed by atoms with Crippen molar-refractivity contribution in [2.75, 3.05) is 6.54 Å². The van der Waals surface area contributed by atoms with Crippen LogP contribution in [0.25, 0.3) is 5.69 Å². The summed E-state index contributed by atoms with van der Waals surface area (Å²) in [5, 5.41) is 19.7. The maximum Gasteiger partial charge on any atom is 0.315 e. The molecule has 0 aliphatic heterocycles. The van der Waals surface area contributed by atoms with Crippen LogP contribution in [0.2, 0.25) is 0 Å². The average molecular weight is 344 g/mol. The largest absolute Gasteiger partial charge is 0.393 e. The minimum atomic E-state index is -0.353. The third-order valence-corrected chi connectivity index (χ3v) is 4.22. The van der Waals surface area contributed by atoms with E-state index in [1.807, 2.05) is 55.8 Å². The van der Waals surface area contributed by atoms with E-state index in [1.165, 1.54) is 0 Å². The van der Waals surface area contributed by atoms with E-state index in [-0.39, 0.29) is 18.1 Å². The first-order valence-electron chi connectivity index (χ1n) is 8.68. The summed E-state index contributed by atoms with van der Waals surface area (Å²) in [5.41, 5.74) is 3.96. The highest BCUT2D eigenvalue weighted by atomic mass is 16.3. The zero-order chi connectivity index (χ0) is 18.4. The average Bonchev–Trinajstić information content (AvgIpc) is 2.85. The number of aliphatic hydroxyl groups is 1. The molecule has 0 aliphatic rings. The van der Waals surface area contributed by atoms with Crippen LogP contribution >= 0.6 is 0 Å². The molecule has 2 aromatic rings. The molecule has 0 radical (unpaired) electrons. The van der Waals surface area contributed by atoms with Gasteiger partial charge in [0.05, 0.1) is 17.5 Å². The molecule has 0 saturated heterocycles. The van der Waals surface area contributed by atoms with Crippen molar-refractivity contribution in [3.05, 3.63) is 47.3 Å². The van der Waals surface area contributed by atoms with Crippen LogP contribution in [0.5, 0.6) is 0 Å². The molecule has 2 unspecified atom stereocenters. The van der Waals surface area contributed by atoms with Crippen molar-refractivity contribution >= 4 is 6.03 Å². The fraction of sp³-hybridized carbons (Fsp3) is 0.474. The van der Waals surface area contributed by atoms with Gasteiger partial charge < -0.3 is 15.7 Å². The van der Waals surface area contributed by atoms with Gasteiger partial charge in [0.15, 0.2) is 0 Å². The minimum Gasteiger partial charge on any atom is -0.393 e. The first-order valence-corrected chi connectivity index (χ1v) is 8.68. The maximum atomic E-state index is 12.0. The number of aromatic nitrogens is 2. The third-order valence-electron chi connectivity index (χ3n) is 4.22. The molecule has 136 valence electrons. The number of aryl methyl sites for hydroxylation is 1. The first kappa shape index (κ1) is 19.0. The number of nitrogens with zero attached hydrogens (tertiary/aromatic N) is 2. The molecule has 0 saturated carbocycles. The van der Waals surface area contributed by atoms with E-state index < -0.39 is 0 Å². The number of carbonyl (C=O) groups is 1. The smallest absolute Gasteiger partial charge is 0.315 e. The van der Waals surface area contributed by atoms with Crippen molar-refractivity contribution in [1.29, 1.82) is 0 Å². The normalized spacial score (nSPS) is 13.3. The van der Waals surface area contributed by atoms with Gasteiger partial charge in [-0.15, -0.1) is 0 Å². The van der Waals surface area contributed by atoms with Crippen molar-refractivity contribution < 1.29 is 9.90 Å². The highest BCUT2D eigenvalue weighted by Crippen LogP contribution is 2.17. The second-order valence-corrected chi connectivity index (χ2v) is 6.65. The highest BCUT2D eigenvalue weighted by molar-refractivity contribution is 5.73. The fourth-order valence-electron chi connectivity index (χ4n) is 2.92. The molecule has 6 nitrogen and oxygen atoms in total. The van der Waals surface area contributed by atoms with Gasteiger partial charge in [-0.1, -0.05) is 25.1 Å². The lowest BCUT2D eigenvalue weighted by Crippen LogP contribution is -2.38. The van der Waals surface area contributed by atoms with Crippen LogP contribution in [-0.4, -0.2) is 33.6 Å². The van der Waals surface area contributed by atoms with Gasteiger partial charge in [0.25, 0.3) is 0 Å². The molecule has 0 aliphatic carbocycles. The number of benzene rings is 1. The van der Waals surface area contributed by atoms with E-state index in [4.69, 9.17) is 0 Å². The molecular weight excluding hydrogens is 316 g/mol. The van der Waals surface area contributed by atoms with Gasteiger partial charge in [-0.05, 0) is 45.2 Å². The molecule has 0 fully saturated rings. The number of nitrogens with one attached hydrogen (secondary N) is 2. The van der Waals surface area contributed by atoms with Crippen molar-refractivity contribution in [2.45, 2.75) is 46.8 Å². The molecule has 0 bridgehead atoms. The number of urea groups is 1. The van der Waals surface area contributed by atoms with Crippen LogP contribution in [0, 0.1) is 19.8 Å². The standard InChI is InChI=1S/C19H28N4O2/c1-13(10-14(2)24)11-20-19(25)21-12-18-15(3)22-23(16(18)4)17-8-6-5-7-9-17/h5-9,13-14,24H,10-12H2,1-4H3,(H2,20,21,25). The van der Waals surface area contributed by atoms with E-state index in [9.17, 15) is 9.90 Å². The van der Waals surface area contributed by atoms with E-state index in [0.717, 1.165) is 22.6 Å². The van der Waals surface area contributed by atoms with Crippen molar-refractivity contribution in [3.8, 4) is 5.69 Å². The van der Waals surface area contributed by atoms with Gasteiger partial charge >= 0.3 is 6.03 Å². The number of amides is 2. The van der Waals surface area contributed by atoms with Crippen molar-refractivity contribution in [1.82, 2.24) is 20.4 Å². The number of hydrogen-bond acceptors (Lipinski definition) is 3. The molecule has 1 aromatic heterocycles. The molecule has 2 amide bonds. The maximum absolute atomic E-state index is 12.0. The Bertz CT molecular complexity index is 695. The Balaban J connectivity index is 1.93. The molecule has 25 heavy (non-hydrogen) atoms. The molecular formula is C19H28N4O2. The highest BCUT2D eigenvalue weighted by Gasteiger charge is 2.14. The van der Waals surface area contributed by atoms with Crippen LogP contribution in [0.4, 0.5) is 4.79 Å². The molecule has 6 heteroatoms. The summed E-state index contributed by atoms with van der Waals surface area (Å²) < 4.78 is 1.90. The second-order valence-electron chi connectivity index (χ2n) is 6.65. The Morgan fingerprint density at radius 1 is 1.20 bits per heavy atom. The Morgan fingerprint density at radius 3 is 2.52 bits per heavy atom. The SMILES string of the molecule is Cc1nn(-c2ccccc2)c(C)c1CNC(=O)NCC(C)CC(C)O. The summed E-state index contributed by atoms with van der Waals surface area (Å²) >= 11 is 0. The van der Waals surface area contributed by atoms with Crippen LogP contribution in [-0.2, 0) is 6.54 Å². The van der Waals surface area contributed by atoms with Crippen molar-refractivity contribution in [3.63, 3.8) is 0 Å². The fourth-order valence-corrected chi connectivity index (χ4v) is 2.92. The van der Waals surface area contributed by atoms with Gasteiger partial charge in [-0.3, -0.25) is 0 Å². The Hall–Kier alpha value is -2.34. The molecule has 3 N–H and O–H groups in total. The van der Waals surface area contributed by atoms with Gasteiger partial charge in [0, 0.05) is 24.3 Å². The predicted molar refractivity (Wildman–Crippen MR) is 98.7 cm³/mol. The summed E-state index contributed by atoms with van der Waals surface area (Å²) in [5.74, 6) is 0.232. The molecule has 2 atom stereocenters. The van der Waals surface area contributed by atoms with Crippen LogP contribution in [0.3, 0.4) is 0 Å². The van der Waals surface area contributed by atoms with Crippen molar-refractivity contribution in [2.24, 2.45) is 5.92 Å². The number of hydrogen-bond donors (Lipinski definition) is 3. The number of rotatable bonds is 7. The summed E-state index contributed by atoms with van der Waals surface area (Å²) in [7, 11) is 0. The molecule has 0 spiro atoms. The van der Waals surface area contributed by atoms with Crippen LogP contribution in [0.15, 0.2) is 30.3 Å². The zero-order valence-corrected chi connectivity index (χ0v) is 15.4. The minimum absolute atomic E-state index is 0.205. The van der Waals surface area contributed by atoms with E-state index in [1.54, 1.807) is 6.92 Å². The summed E-state index contributed by atoms with van der Waals surface area (Å²) in [6.07, 6.45) is 0.316. The lowest BCUT2D eigenvalue weighted by molar-refractivity contribution is 0.163. The summed E-state index contributed by atoms with van der Waals surface area (Å²) in [6.45, 7) is 8.69. The summed E-state index contributed by atoms with van der Waals surface area (Å²) in [6, 6.07) is 9.74. The predicted octanol–water partition coefficient (Wildman–Crippen LogP) is 2.70. The topological polar surface area (TPSA) is 79.2 Å². The lowest BCUT2D eigenvalue weighted by atomic mass is 10.1. The van der Waals surface area contributed by atoms with Gasteiger partial charge in [0.1, 0.15) is 0 Å². The Labute approximate surface area is 149 Å². The first-order chi connectivity index (χ1) is 11.9. The number of carbonyl (C=O) groups excluding carboxylic acids is 1. The van der Waals surface area contributed by atoms with E-state index in [0.29, 0.717) is 19.5 Å². The summed E-state index contributed by atoms with van der Waals surface area (Å²) in [4.78, 5) is 12.0. The van der Waals surface area contributed by atoms with Crippen LogP contribution < -0.4 is 10.6 Å². The van der Waals surface area contributed by atoms with Gasteiger partial charge in [-0.25, -0.2) is 9.48 Å². The molecule has 1 heterocycles. The van der Waals surface area contributed by atoms with E-state index in [2.05, 4.69) is 15.7 Å². The Morgan fingerprint density at radius 2 is 1.88 bits per heavy atom. The molecule has 2 rings (SSSR count). The number of aliphatic hydroxyl groups excluding tert-OH is 1. The monoisotopic (exact) mass is 344 g/mol.